The van der Waals surface area contributed by atoms with Crippen LogP contribution in [-0.2, 0) is 5.41 Å². The Morgan fingerprint density at radius 3 is 2.39 bits per heavy atom. The highest BCUT2D eigenvalue weighted by Crippen LogP contribution is 2.25. The van der Waals surface area contributed by atoms with Crippen molar-refractivity contribution in [3.05, 3.63) is 29.1 Å². The van der Waals surface area contributed by atoms with E-state index < -0.39 is 0 Å². The smallest absolute Gasteiger partial charge is 0.162 e. The number of anilines is 1. The first-order valence-electron chi connectivity index (χ1n) is 5.96. The lowest BCUT2D eigenvalue weighted by atomic mass is 9.95. The van der Waals surface area contributed by atoms with Crippen LogP contribution in [0.5, 0.6) is 0 Å². The topological polar surface area (TPSA) is 69.6 Å². The van der Waals surface area contributed by atoms with Gasteiger partial charge in [-0.05, 0) is 47.5 Å². The van der Waals surface area contributed by atoms with Gasteiger partial charge in [0.2, 0.25) is 0 Å². The van der Waals surface area contributed by atoms with Crippen molar-refractivity contribution in [2.75, 3.05) is 5.73 Å². The van der Waals surface area contributed by atoms with Crippen molar-refractivity contribution in [2.24, 2.45) is 0 Å². The Morgan fingerprint density at radius 2 is 1.78 bits per heavy atom. The molecule has 0 amide bonds. The molecule has 5 nitrogen and oxygen atoms in total. The van der Waals surface area contributed by atoms with Crippen LogP contribution in [0.2, 0.25) is 0 Å². The zero-order valence-electron chi connectivity index (χ0n) is 11.5. The molecule has 0 atom stereocenters. The summed E-state index contributed by atoms with van der Waals surface area (Å²) >= 11 is 0. The van der Waals surface area contributed by atoms with Crippen LogP contribution in [0.1, 0.15) is 37.7 Å². The lowest BCUT2D eigenvalue weighted by Crippen LogP contribution is -2.19. The number of nitrogens with zero attached hydrogens (tertiary/aromatic N) is 4. The second-order valence-electron chi connectivity index (χ2n) is 5.66. The summed E-state index contributed by atoms with van der Waals surface area (Å²) in [6.45, 7) is 10.3. The van der Waals surface area contributed by atoms with Gasteiger partial charge in [-0.3, -0.25) is 0 Å². The molecule has 0 spiro atoms. The number of aryl methyl sites for hydroxylation is 2. The fourth-order valence-corrected chi connectivity index (χ4v) is 1.87. The molecule has 2 aromatic rings. The van der Waals surface area contributed by atoms with Crippen LogP contribution in [0.25, 0.3) is 5.69 Å². The van der Waals surface area contributed by atoms with Crippen molar-refractivity contribution in [1.82, 2.24) is 20.2 Å². The largest absolute Gasteiger partial charge is 0.399 e. The molecule has 18 heavy (non-hydrogen) atoms. The summed E-state index contributed by atoms with van der Waals surface area (Å²) in [4.78, 5) is 0. The zero-order chi connectivity index (χ0) is 13.5. The monoisotopic (exact) mass is 245 g/mol. The molecule has 0 radical (unpaired) electrons. The summed E-state index contributed by atoms with van der Waals surface area (Å²) in [5.41, 5.74) is 9.68. The van der Waals surface area contributed by atoms with E-state index in [1.54, 1.807) is 4.68 Å². The summed E-state index contributed by atoms with van der Waals surface area (Å²) < 4.78 is 1.79. The summed E-state index contributed by atoms with van der Waals surface area (Å²) in [5.74, 6) is 0.842. The fourth-order valence-electron chi connectivity index (χ4n) is 1.87. The first kappa shape index (κ1) is 12.5. The van der Waals surface area contributed by atoms with Crippen molar-refractivity contribution in [2.45, 2.75) is 40.0 Å². The standard InChI is InChI=1S/C13H19N5/c1-8-7-11(9(2)6-10(8)14)18-12(13(3,4)5)15-16-17-18/h6-7H,14H2,1-5H3. The number of nitrogens with two attached hydrogens (primary N) is 1. The highest BCUT2D eigenvalue weighted by Gasteiger charge is 2.23. The van der Waals surface area contributed by atoms with Crippen LogP contribution < -0.4 is 5.73 Å². The molecule has 1 aromatic carbocycles. The molecule has 0 aliphatic heterocycles. The Kier molecular flexibility index (Phi) is 2.84. The molecule has 5 heteroatoms. The highest BCUT2D eigenvalue weighted by atomic mass is 15.5. The van der Waals surface area contributed by atoms with Crippen LogP contribution in [0.15, 0.2) is 12.1 Å². The Labute approximate surface area is 107 Å². The average Bonchev–Trinajstić information content (AvgIpc) is 2.71. The first-order chi connectivity index (χ1) is 8.30. The third-order valence-electron chi connectivity index (χ3n) is 2.95. The molecule has 1 aromatic heterocycles. The van der Waals surface area contributed by atoms with Crippen LogP contribution in [0.3, 0.4) is 0 Å². The minimum atomic E-state index is -0.106. The van der Waals surface area contributed by atoms with E-state index in [1.165, 1.54) is 0 Å². The van der Waals surface area contributed by atoms with E-state index in [0.29, 0.717) is 0 Å². The summed E-state index contributed by atoms with van der Waals surface area (Å²) in [6, 6.07) is 3.98. The van der Waals surface area contributed by atoms with E-state index in [0.717, 1.165) is 28.3 Å². The minimum Gasteiger partial charge on any atom is -0.399 e. The number of hydrogen-bond donors (Lipinski definition) is 1. The van der Waals surface area contributed by atoms with Gasteiger partial charge in [0.05, 0.1) is 5.69 Å². The second kappa shape index (κ2) is 4.08. The Balaban J connectivity index is 2.64. The van der Waals surface area contributed by atoms with Gasteiger partial charge in [-0.1, -0.05) is 20.8 Å². The molecular formula is C13H19N5. The van der Waals surface area contributed by atoms with Gasteiger partial charge < -0.3 is 5.73 Å². The zero-order valence-corrected chi connectivity index (χ0v) is 11.5. The molecule has 0 unspecified atom stereocenters. The molecule has 0 aliphatic rings. The van der Waals surface area contributed by atoms with Crippen molar-refractivity contribution < 1.29 is 0 Å². The van der Waals surface area contributed by atoms with Gasteiger partial charge in [-0.15, -0.1) is 5.10 Å². The molecule has 0 aliphatic carbocycles. The van der Waals surface area contributed by atoms with Crippen molar-refractivity contribution in [3.8, 4) is 5.69 Å². The van der Waals surface area contributed by atoms with Gasteiger partial charge in [-0.25, -0.2) is 0 Å². The number of tetrazole rings is 1. The summed E-state index contributed by atoms with van der Waals surface area (Å²) in [5, 5.41) is 12.0. The average molecular weight is 245 g/mol. The maximum absolute atomic E-state index is 5.91. The second-order valence-corrected chi connectivity index (χ2v) is 5.66. The minimum absolute atomic E-state index is 0.106. The van der Waals surface area contributed by atoms with Crippen molar-refractivity contribution >= 4 is 5.69 Å². The van der Waals surface area contributed by atoms with Gasteiger partial charge >= 0.3 is 0 Å². The molecule has 0 saturated carbocycles. The third-order valence-corrected chi connectivity index (χ3v) is 2.95. The maximum atomic E-state index is 5.91. The van der Waals surface area contributed by atoms with Gasteiger partial charge in [0, 0.05) is 11.1 Å². The summed E-state index contributed by atoms with van der Waals surface area (Å²) in [7, 11) is 0. The SMILES string of the molecule is Cc1cc(-n2nnnc2C(C)(C)C)c(C)cc1N. The van der Waals surface area contributed by atoms with Gasteiger partial charge in [-0.2, -0.15) is 4.68 Å². The van der Waals surface area contributed by atoms with E-state index >= 15 is 0 Å². The molecule has 0 bridgehead atoms. The molecular weight excluding hydrogens is 226 g/mol. The number of rotatable bonds is 1. The van der Waals surface area contributed by atoms with Gasteiger partial charge in [0.1, 0.15) is 0 Å². The molecule has 0 saturated heterocycles. The van der Waals surface area contributed by atoms with Gasteiger partial charge in [0.15, 0.2) is 5.82 Å². The maximum Gasteiger partial charge on any atom is 0.162 e. The first-order valence-corrected chi connectivity index (χ1v) is 5.96. The number of benzene rings is 1. The fraction of sp³-hybridized carbons (Fsp3) is 0.462. The van der Waals surface area contributed by atoms with E-state index in [4.69, 9.17) is 5.73 Å². The van der Waals surface area contributed by atoms with Gasteiger partial charge in [0.25, 0.3) is 0 Å². The van der Waals surface area contributed by atoms with Crippen LogP contribution in [0.4, 0.5) is 5.69 Å². The third kappa shape index (κ3) is 2.08. The highest BCUT2D eigenvalue weighted by molar-refractivity contribution is 5.56. The predicted octanol–water partition coefficient (Wildman–Crippen LogP) is 2.16. The van der Waals surface area contributed by atoms with E-state index in [9.17, 15) is 0 Å². The Hall–Kier alpha value is -1.91. The van der Waals surface area contributed by atoms with E-state index in [2.05, 4.69) is 36.3 Å². The number of aromatic nitrogens is 4. The van der Waals surface area contributed by atoms with Crippen LogP contribution in [0, 0.1) is 13.8 Å². The quantitative estimate of drug-likeness (QED) is 0.782. The molecule has 0 fully saturated rings. The predicted molar refractivity (Wildman–Crippen MR) is 71.7 cm³/mol. The number of nitrogen functional groups attached to an aromatic ring is 1. The van der Waals surface area contributed by atoms with Crippen molar-refractivity contribution in [1.29, 1.82) is 0 Å². The lowest BCUT2D eigenvalue weighted by Gasteiger charge is -2.18. The van der Waals surface area contributed by atoms with Crippen LogP contribution >= 0.6 is 0 Å². The van der Waals surface area contributed by atoms with Crippen LogP contribution in [-0.4, -0.2) is 20.2 Å². The molecule has 2 rings (SSSR count). The van der Waals surface area contributed by atoms with E-state index in [-0.39, 0.29) is 5.41 Å². The lowest BCUT2D eigenvalue weighted by molar-refractivity contribution is 0.525. The Bertz CT molecular complexity index is 578. The Morgan fingerprint density at radius 1 is 1.11 bits per heavy atom. The summed E-state index contributed by atoms with van der Waals surface area (Å²) in [6.07, 6.45) is 0. The van der Waals surface area contributed by atoms with Crippen molar-refractivity contribution in [3.63, 3.8) is 0 Å². The normalized spacial score (nSPS) is 11.8. The molecule has 1 heterocycles. The molecule has 96 valence electrons. The van der Waals surface area contributed by atoms with E-state index in [1.807, 2.05) is 26.0 Å². The molecule has 2 N–H and O–H groups in total. The number of hydrogen-bond acceptors (Lipinski definition) is 4.